The van der Waals surface area contributed by atoms with Crippen molar-refractivity contribution >= 4 is 24.9 Å². The van der Waals surface area contributed by atoms with Gasteiger partial charge in [-0.25, -0.2) is 23.1 Å². The minimum absolute atomic E-state index is 0.0832. The molecule has 1 aromatic heterocycles. The van der Waals surface area contributed by atoms with Crippen molar-refractivity contribution < 1.29 is 22.8 Å². The predicted molar refractivity (Wildman–Crippen MR) is 127 cm³/mol. The number of hydrogen-bond donors (Lipinski definition) is 3. The number of likely N-dealkylation sites (N-methyl/N-ethyl adjacent to an activating group) is 1. The molecule has 1 fully saturated rings. The number of aliphatic hydroxyl groups excluding tert-OH is 1. The third-order valence-electron chi connectivity index (χ3n) is 6.89. The number of nitrogens with two attached hydrogens (primary N) is 1. The van der Waals surface area contributed by atoms with Crippen molar-refractivity contribution in [1.29, 1.82) is 0 Å². The van der Waals surface area contributed by atoms with Crippen molar-refractivity contribution in [3.63, 3.8) is 0 Å². The summed E-state index contributed by atoms with van der Waals surface area (Å²) < 4.78 is 53.5. The Morgan fingerprint density at radius 1 is 1.26 bits per heavy atom. The second-order valence-corrected chi connectivity index (χ2v) is 12.8. The van der Waals surface area contributed by atoms with Crippen LogP contribution in [0.2, 0.25) is 0 Å². The molecule has 7 nitrogen and oxygen atoms in total. The van der Waals surface area contributed by atoms with E-state index in [2.05, 4.69) is 15.3 Å². The maximum atomic E-state index is 14.7. The zero-order valence-corrected chi connectivity index (χ0v) is 20.2. The predicted octanol–water partition coefficient (Wildman–Crippen LogP) is 4.36. The number of alkyl halides is 2. The van der Waals surface area contributed by atoms with Gasteiger partial charge >= 0.3 is 0 Å². The highest BCUT2D eigenvalue weighted by atomic mass is 31.2. The number of anilines is 2. The van der Waals surface area contributed by atoms with Gasteiger partial charge in [0.15, 0.2) is 6.23 Å². The van der Waals surface area contributed by atoms with Crippen LogP contribution in [0.25, 0.3) is 6.08 Å². The summed E-state index contributed by atoms with van der Waals surface area (Å²) in [4.78, 5) is 10.2. The Balaban J connectivity index is 1.71. The molecular formula is C23H29F3N5O2P. The number of nitrogens with one attached hydrogen (secondary N) is 1. The average Bonchev–Trinajstić information content (AvgIpc) is 2.78. The second kappa shape index (κ2) is 8.98. The number of aromatic nitrogens is 2. The molecule has 11 heteroatoms. The lowest BCUT2D eigenvalue weighted by Gasteiger charge is -2.44. The quantitative estimate of drug-likeness (QED) is 0.530. The molecule has 1 unspecified atom stereocenters. The summed E-state index contributed by atoms with van der Waals surface area (Å²) in [5, 5.41) is 14.1. The van der Waals surface area contributed by atoms with Crippen LogP contribution in [0, 0.1) is 5.82 Å². The zero-order chi connectivity index (χ0) is 24.8. The fraction of sp³-hybridized carbons (Fsp3) is 0.478. The van der Waals surface area contributed by atoms with E-state index in [1.165, 1.54) is 18.5 Å². The molecule has 1 aromatic carbocycles. The van der Waals surface area contributed by atoms with E-state index in [1.807, 2.05) is 0 Å². The number of hydrogen-bond acceptors (Lipinski definition) is 7. The monoisotopic (exact) mass is 495 g/mol. The van der Waals surface area contributed by atoms with Gasteiger partial charge in [0.25, 0.3) is 6.43 Å². The summed E-state index contributed by atoms with van der Waals surface area (Å²) in [6.07, 6.45) is 1.06. The first-order chi connectivity index (χ1) is 15.9. The highest BCUT2D eigenvalue weighted by Crippen LogP contribution is 2.51. The highest BCUT2D eigenvalue weighted by molar-refractivity contribution is 7.63. The van der Waals surface area contributed by atoms with E-state index >= 15 is 0 Å². The van der Waals surface area contributed by atoms with Crippen molar-refractivity contribution in [3.05, 3.63) is 52.6 Å². The molecule has 4 N–H and O–H groups in total. The zero-order valence-electron chi connectivity index (χ0n) is 19.3. The van der Waals surface area contributed by atoms with Crippen LogP contribution in [0.4, 0.5) is 24.8 Å². The van der Waals surface area contributed by atoms with Gasteiger partial charge in [0, 0.05) is 30.5 Å². The average molecular weight is 495 g/mol. The van der Waals surface area contributed by atoms with Gasteiger partial charge in [-0.15, -0.1) is 0 Å². The van der Waals surface area contributed by atoms with Crippen molar-refractivity contribution in [2.24, 2.45) is 5.73 Å². The molecule has 2 aromatic rings. The van der Waals surface area contributed by atoms with Crippen LogP contribution in [0.5, 0.6) is 0 Å². The van der Waals surface area contributed by atoms with Crippen LogP contribution in [0.15, 0.2) is 30.1 Å². The second-order valence-electron chi connectivity index (χ2n) is 9.36. The van der Waals surface area contributed by atoms with Crippen molar-refractivity contribution in [1.82, 2.24) is 9.97 Å². The molecule has 0 spiro atoms. The third-order valence-corrected chi connectivity index (χ3v) is 9.23. The van der Waals surface area contributed by atoms with Gasteiger partial charge in [-0.05, 0) is 38.1 Å². The summed E-state index contributed by atoms with van der Waals surface area (Å²) in [7, 11) is -0.546. The molecule has 3 heterocycles. The highest BCUT2D eigenvalue weighted by Gasteiger charge is 2.43. The summed E-state index contributed by atoms with van der Waals surface area (Å²) in [5.74, 6) is -0.157. The molecule has 0 radical (unpaired) electrons. The SMILES string of the molecule is C[C@@H](Nc1ncnc2c1C=C(C1(N)CCP(C)(=O)CC1)C(O)N2C)c1cccc(C(F)F)c1F. The standard InChI is InChI=1S/C23H29F3N5O2P/c1-13(14-5-4-6-15(18(14)24)19(25)26)30-20-16-11-17(22(32)31(2)21(16)29-12-28-20)23(27)7-9-34(3,33)10-8-23/h4-6,11-13,19,22,32H,7-10,27H2,1-3H3,(H,28,29,30)/t13-,22?,23?,34?/m1/s1. The lowest BCUT2D eigenvalue weighted by Crippen LogP contribution is -2.53. The number of aliphatic hydroxyl groups is 1. The molecule has 2 atom stereocenters. The van der Waals surface area contributed by atoms with E-state index in [1.54, 1.807) is 31.6 Å². The molecule has 0 bridgehead atoms. The van der Waals surface area contributed by atoms with Crippen LogP contribution < -0.4 is 16.0 Å². The minimum Gasteiger partial charge on any atom is -0.369 e. The third kappa shape index (κ3) is 4.46. The van der Waals surface area contributed by atoms with Crippen LogP contribution in [-0.4, -0.2) is 52.9 Å². The number of halogens is 3. The van der Waals surface area contributed by atoms with E-state index in [0.717, 1.165) is 6.07 Å². The van der Waals surface area contributed by atoms with E-state index in [-0.39, 0.29) is 5.56 Å². The summed E-state index contributed by atoms with van der Waals surface area (Å²) in [5.41, 5.74) is 6.42. The molecule has 184 valence electrons. The molecule has 1 saturated heterocycles. The van der Waals surface area contributed by atoms with Gasteiger partial charge in [-0.3, -0.25) is 0 Å². The topological polar surface area (TPSA) is 104 Å². The lowest BCUT2D eigenvalue weighted by molar-refractivity contribution is 0.146. The Morgan fingerprint density at radius 2 is 1.91 bits per heavy atom. The molecule has 4 rings (SSSR count). The maximum Gasteiger partial charge on any atom is 0.266 e. The first kappa shape index (κ1) is 24.7. The summed E-state index contributed by atoms with van der Waals surface area (Å²) in [6.45, 7) is 3.43. The summed E-state index contributed by atoms with van der Waals surface area (Å²) >= 11 is 0. The smallest absolute Gasteiger partial charge is 0.266 e. The Bertz CT molecular complexity index is 1160. The van der Waals surface area contributed by atoms with Gasteiger partial charge in [-0.1, -0.05) is 18.2 Å². The van der Waals surface area contributed by atoms with Gasteiger partial charge in [-0.2, -0.15) is 0 Å². The van der Waals surface area contributed by atoms with Crippen molar-refractivity contribution in [2.45, 2.75) is 44.0 Å². The number of fused-ring (bicyclic) bond motifs is 1. The number of nitrogens with zero attached hydrogens (tertiary/aromatic N) is 3. The van der Waals surface area contributed by atoms with Crippen LogP contribution in [-0.2, 0) is 4.57 Å². The fourth-order valence-corrected chi connectivity index (χ4v) is 6.59. The lowest BCUT2D eigenvalue weighted by atomic mass is 9.81. The van der Waals surface area contributed by atoms with E-state index < -0.39 is 42.8 Å². The van der Waals surface area contributed by atoms with Crippen LogP contribution in [0.1, 0.15) is 48.9 Å². The number of rotatable bonds is 5. The molecule has 2 aliphatic rings. The molecular weight excluding hydrogens is 466 g/mol. The largest absolute Gasteiger partial charge is 0.369 e. The van der Waals surface area contributed by atoms with E-state index in [0.29, 0.717) is 47.9 Å². The van der Waals surface area contributed by atoms with Crippen molar-refractivity contribution in [3.8, 4) is 0 Å². The molecule has 0 aliphatic carbocycles. The molecule has 0 amide bonds. The Hall–Kier alpha value is -2.42. The molecule has 34 heavy (non-hydrogen) atoms. The molecule has 2 aliphatic heterocycles. The van der Waals surface area contributed by atoms with E-state index in [4.69, 9.17) is 5.73 Å². The van der Waals surface area contributed by atoms with E-state index in [9.17, 15) is 22.8 Å². The Kier molecular flexibility index (Phi) is 6.52. The van der Waals surface area contributed by atoms with Crippen molar-refractivity contribution in [2.75, 3.05) is 36.3 Å². The summed E-state index contributed by atoms with van der Waals surface area (Å²) in [6, 6.07) is 3.22. The van der Waals surface area contributed by atoms with Gasteiger partial charge in [0.05, 0.1) is 24.3 Å². The van der Waals surface area contributed by atoms with Gasteiger partial charge < -0.3 is 25.6 Å². The van der Waals surface area contributed by atoms with Crippen LogP contribution >= 0.6 is 7.14 Å². The first-order valence-corrected chi connectivity index (χ1v) is 13.6. The fourth-order valence-electron chi connectivity index (χ4n) is 4.62. The normalized spacial score (nSPS) is 27.9. The Morgan fingerprint density at radius 3 is 2.56 bits per heavy atom. The first-order valence-electron chi connectivity index (χ1n) is 11.1. The van der Waals surface area contributed by atoms with Gasteiger partial charge in [0.2, 0.25) is 0 Å². The molecule has 0 saturated carbocycles. The van der Waals surface area contributed by atoms with Gasteiger partial charge in [0.1, 0.15) is 23.8 Å². The minimum atomic E-state index is -2.92. The maximum absolute atomic E-state index is 14.7. The number of benzene rings is 1. The Labute approximate surface area is 196 Å². The van der Waals surface area contributed by atoms with Crippen LogP contribution in [0.3, 0.4) is 0 Å².